The number of rotatable bonds is 15. The maximum absolute atomic E-state index is 16.5. The van der Waals surface area contributed by atoms with Crippen LogP contribution in [0.15, 0.2) is 157 Å². The Labute approximate surface area is 313 Å². The van der Waals surface area contributed by atoms with Crippen LogP contribution in [0.25, 0.3) is 0 Å². The van der Waals surface area contributed by atoms with Crippen molar-refractivity contribution in [2.45, 2.75) is 43.1 Å². The van der Waals surface area contributed by atoms with Gasteiger partial charge in [0.25, 0.3) is 0 Å². The van der Waals surface area contributed by atoms with E-state index in [9.17, 15) is 4.79 Å². The van der Waals surface area contributed by atoms with E-state index in [1.807, 2.05) is 146 Å². The molecular formula is C44H41F2N3O5. The summed E-state index contributed by atoms with van der Waals surface area (Å²) in [6.07, 6.45) is -0.789. The van der Waals surface area contributed by atoms with E-state index >= 15 is 8.78 Å². The molecule has 0 spiro atoms. The van der Waals surface area contributed by atoms with Gasteiger partial charge in [-0.05, 0) is 39.9 Å². The minimum atomic E-state index is -1.56. The van der Waals surface area contributed by atoms with Gasteiger partial charge in [-0.15, -0.1) is 0 Å². The molecule has 6 aromatic rings. The average molecular weight is 730 g/mol. The fraction of sp³-hybridized carbons (Fsp3) is 0.227. The van der Waals surface area contributed by atoms with Crippen molar-refractivity contribution in [1.82, 2.24) is 9.55 Å². The lowest BCUT2D eigenvalue weighted by Crippen LogP contribution is -2.47. The SMILES string of the molecule is COc1ccc(C(Nc2nc(=O)n([C@H]3C[C@H](OCc4ccccc4)[C@@](CF)(COCc4ccccc4)O3)cc2F)(c2ccccc2)c2ccccc2)cc1. The van der Waals surface area contributed by atoms with Gasteiger partial charge in [0.15, 0.2) is 11.6 Å². The Bertz CT molecular complexity index is 2120. The molecule has 1 aliphatic rings. The van der Waals surface area contributed by atoms with E-state index in [4.69, 9.17) is 18.9 Å². The van der Waals surface area contributed by atoms with Crippen molar-refractivity contribution in [3.8, 4) is 5.75 Å². The Morgan fingerprint density at radius 3 is 1.89 bits per heavy atom. The molecule has 1 fully saturated rings. The van der Waals surface area contributed by atoms with Crippen LogP contribution in [-0.4, -0.2) is 41.6 Å². The molecule has 0 aliphatic carbocycles. The van der Waals surface area contributed by atoms with Crippen LogP contribution in [0.3, 0.4) is 0 Å². The number of nitrogens with zero attached hydrogens (tertiary/aromatic N) is 2. The monoisotopic (exact) mass is 729 g/mol. The van der Waals surface area contributed by atoms with Crippen LogP contribution in [0.4, 0.5) is 14.6 Å². The van der Waals surface area contributed by atoms with Gasteiger partial charge in [-0.25, -0.2) is 13.6 Å². The molecule has 3 atom stereocenters. The Morgan fingerprint density at radius 2 is 1.33 bits per heavy atom. The molecule has 54 heavy (non-hydrogen) atoms. The zero-order valence-electron chi connectivity index (χ0n) is 29.8. The number of anilines is 1. The largest absolute Gasteiger partial charge is 0.497 e. The predicted molar refractivity (Wildman–Crippen MR) is 202 cm³/mol. The first-order valence-electron chi connectivity index (χ1n) is 17.8. The van der Waals surface area contributed by atoms with Crippen molar-refractivity contribution in [1.29, 1.82) is 0 Å². The summed E-state index contributed by atoms with van der Waals surface area (Å²) in [6, 6.07) is 45.5. The summed E-state index contributed by atoms with van der Waals surface area (Å²) in [7, 11) is 1.59. The van der Waals surface area contributed by atoms with Gasteiger partial charge in [-0.3, -0.25) is 4.57 Å². The molecule has 0 amide bonds. The molecular weight excluding hydrogens is 688 g/mol. The van der Waals surface area contributed by atoms with Gasteiger partial charge in [0.1, 0.15) is 29.8 Å². The van der Waals surface area contributed by atoms with Crippen LogP contribution in [0, 0.1) is 5.82 Å². The van der Waals surface area contributed by atoms with E-state index < -0.39 is 41.7 Å². The van der Waals surface area contributed by atoms with E-state index in [0.29, 0.717) is 5.75 Å². The molecule has 276 valence electrons. The van der Waals surface area contributed by atoms with E-state index in [2.05, 4.69) is 10.3 Å². The standard InChI is InChI=1S/C44H41F2N3O5/c1-51-37-24-22-36(23-25-37)44(34-18-10-4-11-19-34,35-20-12-5-13-21-35)48-41-38(46)27-49(42(50)47-41)40-26-39(53-29-33-16-8-3-9-17-33)43(30-45,54-40)31-52-28-32-14-6-2-7-15-32/h2-25,27,39-40H,26,28-31H2,1H3,(H,47,48,50)/t39-,40+,43+/m0/s1. The van der Waals surface area contributed by atoms with Gasteiger partial charge in [-0.2, -0.15) is 4.98 Å². The molecule has 8 nitrogen and oxygen atoms in total. The summed E-state index contributed by atoms with van der Waals surface area (Å²) < 4.78 is 56.8. The van der Waals surface area contributed by atoms with Crippen LogP contribution < -0.4 is 15.7 Å². The van der Waals surface area contributed by atoms with Crippen molar-refractivity contribution in [3.05, 3.63) is 196 Å². The van der Waals surface area contributed by atoms with Crippen molar-refractivity contribution in [2.75, 3.05) is 25.7 Å². The van der Waals surface area contributed by atoms with Gasteiger partial charge in [-0.1, -0.05) is 133 Å². The van der Waals surface area contributed by atoms with E-state index in [0.717, 1.165) is 38.6 Å². The number of aromatic nitrogens is 2. The summed E-state index contributed by atoms with van der Waals surface area (Å²) in [4.78, 5) is 18.2. The molecule has 7 rings (SSSR count). The van der Waals surface area contributed by atoms with Crippen molar-refractivity contribution < 1.29 is 27.7 Å². The summed E-state index contributed by atoms with van der Waals surface area (Å²) in [5.41, 5.74) is 0.593. The Hall–Kier alpha value is -5.68. The second-order valence-electron chi connectivity index (χ2n) is 13.2. The lowest BCUT2D eigenvalue weighted by molar-refractivity contribution is -0.165. The van der Waals surface area contributed by atoms with Gasteiger partial charge in [0, 0.05) is 6.42 Å². The average Bonchev–Trinajstić information content (AvgIpc) is 3.60. The number of hydrogen-bond acceptors (Lipinski definition) is 7. The van der Waals surface area contributed by atoms with Crippen molar-refractivity contribution in [2.24, 2.45) is 0 Å². The third kappa shape index (κ3) is 7.68. The van der Waals surface area contributed by atoms with Gasteiger partial charge >= 0.3 is 5.69 Å². The predicted octanol–water partition coefficient (Wildman–Crippen LogP) is 8.22. The molecule has 1 aliphatic heterocycles. The number of methoxy groups -OCH3 is 1. The first-order valence-corrected chi connectivity index (χ1v) is 17.8. The summed E-state index contributed by atoms with van der Waals surface area (Å²) in [6.45, 7) is -0.714. The lowest BCUT2D eigenvalue weighted by atomic mass is 9.77. The molecule has 0 unspecified atom stereocenters. The molecule has 1 N–H and O–H groups in total. The molecule has 0 saturated carbocycles. The quantitative estimate of drug-likeness (QED) is 0.107. The summed E-state index contributed by atoms with van der Waals surface area (Å²) >= 11 is 0. The van der Waals surface area contributed by atoms with Crippen molar-refractivity contribution >= 4 is 5.82 Å². The molecule has 5 aromatic carbocycles. The number of ether oxygens (including phenoxy) is 4. The van der Waals surface area contributed by atoms with Gasteiger partial charge in [0.2, 0.25) is 0 Å². The van der Waals surface area contributed by atoms with E-state index in [1.165, 1.54) is 0 Å². The van der Waals surface area contributed by atoms with Gasteiger partial charge < -0.3 is 24.3 Å². The number of nitrogens with one attached hydrogen (secondary N) is 1. The van der Waals surface area contributed by atoms with Crippen molar-refractivity contribution in [3.63, 3.8) is 0 Å². The first kappa shape index (κ1) is 36.7. The van der Waals surface area contributed by atoms with E-state index in [-0.39, 0.29) is 32.1 Å². The zero-order chi connectivity index (χ0) is 37.4. The zero-order valence-corrected chi connectivity index (χ0v) is 29.8. The Balaban J connectivity index is 1.23. The molecule has 0 radical (unpaired) electrons. The maximum Gasteiger partial charge on any atom is 0.351 e. The van der Waals surface area contributed by atoms with Crippen LogP contribution in [-0.2, 0) is 33.0 Å². The number of alkyl halides is 1. The van der Waals surface area contributed by atoms with Crippen LogP contribution >= 0.6 is 0 Å². The third-order valence-electron chi connectivity index (χ3n) is 9.81. The first-order chi connectivity index (χ1) is 26.4. The fourth-order valence-corrected chi connectivity index (χ4v) is 7.00. The highest BCUT2D eigenvalue weighted by Gasteiger charge is 2.51. The maximum atomic E-state index is 16.5. The number of hydrogen-bond donors (Lipinski definition) is 1. The Kier molecular flexibility index (Phi) is 11.2. The van der Waals surface area contributed by atoms with Crippen LogP contribution in [0.1, 0.15) is 40.5 Å². The Morgan fingerprint density at radius 1 is 0.796 bits per heavy atom. The minimum absolute atomic E-state index is 0.0586. The summed E-state index contributed by atoms with van der Waals surface area (Å²) in [5, 5.41) is 3.34. The highest BCUT2D eigenvalue weighted by atomic mass is 19.1. The topological polar surface area (TPSA) is 83.8 Å². The van der Waals surface area contributed by atoms with Crippen LogP contribution in [0.2, 0.25) is 0 Å². The number of halogens is 2. The fourth-order valence-electron chi connectivity index (χ4n) is 7.00. The molecule has 0 bridgehead atoms. The molecule has 1 aromatic heterocycles. The van der Waals surface area contributed by atoms with Crippen LogP contribution in [0.5, 0.6) is 5.75 Å². The van der Waals surface area contributed by atoms with E-state index in [1.54, 1.807) is 7.11 Å². The van der Waals surface area contributed by atoms with Gasteiger partial charge in [0.05, 0.1) is 39.2 Å². The molecule has 1 saturated heterocycles. The highest BCUT2D eigenvalue weighted by Crippen LogP contribution is 2.42. The third-order valence-corrected chi connectivity index (χ3v) is 9.81. The second-order valence-corrected chi connectivity index (χ2v) is 13.2. The highest BCUT2D eigenvalue weighted by molar-refractivity contribution is 5.58. The normalized spacial score (nSPS) is 18.4. The minimum Gasteiger partial charge on any atom is -0.497 e. The molecule has 2 heterocycles. The lowest BCUT2D eigenvalue weighted by Gasteiger charge is -2.37. The second kappa shape index (κ2) is 16.6. The molecule has 10 heteroatoms. The summed E-state index contributed by atoms with van der Waals surface area (Å²) in [5.74, 6) is -0.418. The smallest absolute Gasteiger partial charge is 0.351 e. The number of benzene rings is 5.